The summed E-state index contributed by atoms with van der Waals surface area (Å²) in [5.74, 6) is 1.28. The topological polar surface area (TPSA) is 92.4 Å². The number of ether oxygens (including phenoxy) is 2. The molecule has 142 valence electrons. The minimum absolute atomic E-state index is 0.0169. The van der Waals surface area contributed by atoms with E-state index in [4.69, 9.17) is 9.47 Å². The number of nitrogens with zero attached hydrogens (tertiary/aromatic N) is 3. The molecule has 0 aliphatic rings. The van der Waals surface area contributed by atoms with Crippen molar-refractivity contribution in [1.29, 1.82) is 0 Å². The number of rotatable bonds is 6. The number of nitrogens with one attached hydrogen (secondary N) is 2. The molecule has 2 N–H and O–H groups in total. The van der Waals surface area contributed by atoms with Crippen LogP contribution >= 0.6 is 0 Å². The van der Waals surface area contributed by atoms with Crippen LogP contribution in [0.2, 0.25) is 0 Å². The molecule has 0 aliphatic heterocycles. The van der Waals surface area contributed by atoms with Crippen molar-refractivity contribution in [1.82, 2.24) is 19.9 Å². The Morgan fingerprint density at radius 2 is 2.00 bits per heavy atom. The van der Waals surface area contributed by atoms with Crippen LogP contribution in [0.25, 0.3) is 11.0 Å². The normalized spacial score (nSPS) is 10.9. The van der Waals surface area contributed by atoms with E-state index in [-0.39, 0.29) is 12.0 Å². The van der Waals surface area contributed by atoms with Crippen molar-refractivity contribution >= 4 is 28.6 Å². The minimum atomic E-state index is -0.100. The lowest BCUT2D eigenvalue weighted by atomic mass is 10.1. The van der Waals surface area contributed by atoms with E-state index in [9.17, 15) is 4.79 Å². The van der Waals surface area contributed by atoms with Crippen LogP contribution < -0.4 is 14.8 Å². The summed E-state index contributed by atoms with van der Waals surface area (Å²) in [6.45, 7) is 3.88. The van der Waals surface area contributed by atoms with Crippen LogP contribution in [0.1, 0.15) is 24.2 Å². The van der Waals surface area contributed by atoms with Crippen LogP contribution in [-0.4, -0.2) is 53.1 Å². The highest BCUT2D eigenvalue weighted by molar-refractivity contribution is 5.95. The predicted molar refractivity (Wildman–Crippen MR) is 104 cm³/mol. The number of carbonyl (C=O) groups is 1. The first-order chi connectivity index (χ1) is 12.9. The molecule has 0 aliphatic carbocycles. The van der Waals surface area contributed by atoms with Gasteiger partial charge in [-0.1, -0.05) is 0 Å². The first-order valence-electron chi connectivity index (χ1n) is 8.57. The van der Waals surface area contributed by atoms with E-state index in [0.717, 1.165) is 5.39 Å². The van der Waals surface area contributed by atoms with Crippen LogP contribution in [0.3, 0.4) is 0 Å². The molecule has 0 unspecified atom stereocenters. The molecule has 0 atom stereocenters. The second kappa shape index (κ2) is 7.53. The number of fused-ring (bicyclic) bond motifs is 1. The highest BCUT2D eigenvalue weighted by atomic mass is 16.5. The number of methoxy groups -OCH3 is 1. The Labute approximate surface area is 157 Å². The number of benzene rings is 1. The molecule has 2 heterocycles. The van der Waals surface area contributed by atoms with Crippen molar-refractivity contribution in [3.63, 3.8) is 0 Å². The number of amides is 1. The third-order valence-corrected chi connectivity index (χ3v) is 3.83. The first kappa shape index (κ1) is 18.5. The maximum absolute atomic E-state index is 12.2. The lowest BCUT2D eigenvalue weighted by Gasteiger charge is -2.15. The fourth-order valence-corrected chi connectivity index (χ4v) is 2.59. The number of aromatic nitrogens is 3. The minimum Gasteiger partial charge on any atom is -0.495 e. The summed E-state index contributed by atoms with van der Waals surface area (Å²) >= 11 is 0. The standard InChI is InChI=1S/C19H23N5O3/c1-11(2)27-17-13-8-9-20-16(13)22-19(23-17)21-14-7-6-12(10-15(14)26-5)18(25)24(3)4/h6-11H,1-5H3,(H2,20,21,22,23). The third-order valence-electron chi connectivity index (χ3n) is 3.83. The van der Waals surface area contributed by atoms with E-state index in [0.29, 0.717) is 34.5 Å². The molecule has 3 aromatic rings. The van der Waals surface area contributed by atoms with E-state index in [1.807, 2.05) is 19.9 Å². The van der Waals surface area contributed by atoms with Gasteiger partial charge in [0.15, 0.2) is 0 Å². The van der Waals surface area contributed by atoms with Crippen LogP contribution in [0.5, 0.6) is 11.6 Å². The molecule has 1 aromatic carbocycles. The Hall–Kier alpha value is -3.29. The van der Waals surface area contributed by atoms with Crippen molar-refractivity contribution in [3.8, 4) is 11.6 Å². The SMILES string of the molecule is COc1cc(C(=O)N(C)C)ccc1Nc1nc(OC(C)C)c2cc[nH]c2n1. The van der Waals surface area contributed by atoms with Gasteiger partial charge in [-0.25, -0.2) is 0 Å². The van der Waals surface area contributed by atoms with Gasteiger partial charge in [0.05, 0.1) is 24.3 Å². The van der Waals surface area contributed by atoms with E-state index >= 15 is 0 Å². The molecule has 1 amide bonds. The Bertz CT molecular complexity index is 965. The average Bonchev–Trinajstić information content (AvgIpc) is 3.09. The molecular formula is C19H23N5O3. The Morgan fingerprint density at radius 1 is 1.22 bits per heavy atom. The zero-order valence-electron chi connectivity index (χ0n) is 16.0. The average molecular weight is 369 g/mol. The molecule has 0 fully saturated rings. The van der Waals surface area contributed by atoms with E-state index in [1.54, 1.807) is 45.6 Å². The number of aromatic amines is 1. The first-order valence-corrected chi connectivity index (χ1v) is 8.57. The molecular weight excluding hydrogens is 346 g/mol. The van der Waals surface area contributed by atoms with Crippen LogP contribution in [-0.2, 0) is 0 Å². The molecule has 0 spiro atoms. The maximum Gasteiger partial charge on any atom is 0.253 e. The third kappa shape index (κ3) is 3.94. The molecule has 2 aromatic heterocycles. The van der Waals surface area contributed by atoms with Gasteiger partial charge >= 0.3 is 0 Å². The second-order valence-electron chi connectivity index (χ2n) is 6.50. The van der Waals surface area contributed by atoms with Crippen LogP contribution in [0, 0.1) is 0 Å². The largest absolute Gasteiger partial charge is 0.495 e. The number of anilines is 2. The van der Waals surface area contributed by atoms with Crippen molar-refractivity contribution < 1.29 is 14.3 Å². The molecule has 3 rings (SSSR count). The van der Waals surface area contributed by atoms with Gasteiger partial charge in [-0.15, -0.1) is 0 Å². The molecule has 27 heavy (non-hydrogen) atoms. The van der Waals surface area contributed by atoms with Gasteiger partial charge in [0.2, 0.25) is 11.8 Å². The molecule has 0 saturated carbocycles. The summed E-state index contributed by atoms with van der Waals surface area (Å²) in [4.78, 5) is 25.7. The molecule has 0 saturated heterocycles. The molecule has 0 radical (unpaired) electrons. The summed E-state index contributed by atoms with van der Waals surface area (Å²) in [6, 6.07) is 7.05. The number of carbonyl (C=O) groups excluding carboxylic acids is 1. The van der Waals surface area contributed by atoms with Crippen molar-refractivity contribution in [2.24, 2.45) is 0 Å². The Morgan fingerprint density at radius 3 is 2.67 bits per heavy atom. The highest BCUT2D eigenvalue weighted by Gasteiger charge is 2.15. The second-order valence-corrected chi connectivity index (χ2v) is 6.50. The van der Waals surface area contributed by atoms with E-state index in [1.165, 1.54) is 4.90 Å². The van der Waals surface area contributed by atoms with Crippen molar-refractivity contribution in [2.45, 2.75) is 20.0 Å². The van der Waals surface area contributed by atoms with Crippen molar-refractivity contribution in [2.75, 3.05) is 26.5 Å². The summed E-state index contributed by atoms with van der Waals surface area (Å²) in [5.41, 5.74) is 1.85. The van der Waals surface area contributed by atoms with Gasteiger partial charge in [0, 0.05) is 25.9 Å². The number of hydrogen-bond acceptors (Lipinski definition) is 6. The van der Waals surface area contributed by atoms with E-state index in [2.05, 4.69) is 20.3 Å². The Balaban J connectivity index is 1.96. The van der Waals surface area contributed by atoms with Gasteiger partial charge in [0.1, 0.15) is 11.4 Å². The predicted octanol–water partition coefficient (Wildman–Crippen LogP) is 3.20. The number of H-pyrrole nitrogens is 1. The molecule has 8 heteroatoms. The van der Waals surface area contributed by atoms with Gasteiger partial charge in [-0.05, 0) is 38.1 Å². The highest BCUT2D eigenvalue weighted by Crippen LogP contribution is 2.30. The smallest absolute Gasteiger partial charge is 0.253 e. The Kier molecular flexibility index (Phi) is 5.16. The van der Waals surface area contributed by atoms with E-state index < -0.39 is 0 Å². The zero-order chi connectivity index (χ0) is 19.6. The molecule has 0 bridgehead atoms. The van der Waals surface area contributed by atoms with Gasteiger partial charge in [-0.3, -0.25) is 4.79 Å². The quantitative estimate of drug-likeness (QED) is 0.693. The maximum atomic E-state index is 12.2. The summed E-state index contributed by atoms with van der Waals surface area (Å²) in [5, 5.41) is 3.96. The zero-order valence-corrected chi connectivity index (χ0v) is 16.0. The lowest BCUT2D eigenvalue weighted by molar-refractivity contribution is 0.0827. The van der Waals surface area contributed by atoms with Gasteiger partial charge < -0.3 is 24.7 Å². The van der Waals surface area contributed by atoms with Crippen molar-refractivity contribution in [3.05, 3.63) is 36.0 Å². The van der Waals surface area contributed by atoms with Crippen LogP contribution in [0.4, 0.5) is 11.6 Å². The summed E-state index contributed by atoms with van der Waals surface area (Å²) in [6.07, 6.45) is 1.77. The fraction of sp³-hybridized carbons (Fsp3) is 0.316. The number of hydrogen-bond donors (Lipinski definition) is 2. The fourth-order valence-electron chi connectivity index (χ4n) is 2.59. The van der Waals surface area contributed by atoms with Gasteiger partial charge in [-0.2, -0.15) is 9.97 Å². The summed E-state index contributed by atoms with van der Waals surface area (Å²) in [7, 11) is 4.96. The monoisotopic (exact) mass is 369 g/mol. The summed E-state index contributed by atoms with van der Waals surface area (Å²) < 4.78 is 11.2. The molecule has 8 nitrogen and oxygen atoms in total. The lowest BCUT2D eigenvalue weighted by Crippen LogP contribution is -2.21. The van der Waals surface area contributed by atoms with Crippen LogP contribution in [0.15, 0.2) is 30.5 Å². The van der Waals surface area contributed by atoms with Gasteiger partial charge in [0.25, 0.3) is 5.91 Å².